The summed E-state index contributed by atoms with van der Waals surface area (Å²) >= 11 is 6.04. The Labute approximate surface area is 167 Å². The third-order valence-electron chi connectivity index (χ3n) is 4.57. The molecule has 0 saturated carbocycles. The van der Waals surface area contributed by atoms with Gasteiger partial charge in [0.1, 0.15) is 18.1 Å². The number of amides is 1. The lowest BCUT2D eigenvalue weighted by atomic mass is 9.95. The van der Waals surface area contributed by atoms with E-state index in [2.05, 4.69) is 20.7 Å². The monoisotopic (exact) mass is 395 g/mol. The van der Waals surface area contributed by atoms with Crippen LogP contribution in [0.5, 0.6) is 5.75 Å². The first-order chi connectivity index (χ1) is 13.6. The van der Waals surface area contributed by atoms with Crippen LogP contribution in [-0.4, -0.2) is 27.8 Å². The number of nitrogens with zero attached hydrogens (tertiary/aromatic N) is 3. The van der Waals surface area contributed by atoms with E-state index in [4.69, 9.17) is 16.3 Å². The molecule has 7 nitrogen and oxygen atoms in total. The van der Waals surface area contributed by atoms with Crippen molar-refractivity contribution in [1.29, 1.82) is 0 Å². The maximum atomic E-state index is 13.2. The van der Waals surface area contributed by atoms with Crippen LogP contribution in [0.3, 0.4) is 0 Å². The Bertz CT molecular complexity index is 1040. The molecule has 3 aromatic rings. The molecule has 0 spiro atoms. The van der Waals surface area contributed by atoms with Crippen LogP contribution in [0.4, 0.5) is 11.6 Å². The lowest BCUT2D eigenvalue weighted by Gasteiger charge is -2.28. The Morgan fingerprint density at radius 3 is 2.57 bits per heavy atom. The Balaban J connectivity index is 1.71. The van der Waals surface area contributed by atoms with Crippen molar-refractivity contribution in [3.8, 4) is 5.75 Å². The summed E-state index contributed by atoms with van der Waals surface area (Å²) in [6.07, 6.45) is 1.46. The smallest absolute Gasteiger partial charge is 0.255 e. The fourth-order valence-corrected chi connectivity index (χ4v) is 3.34. The summed E-state index contributed by atoms with van der Waals surface area (Å²) in [5.41, 5.74) is 2.82. The van der Waals surface area contributed by atoms with Gasteiger partial charge in [0, 0.05) is 16.4 Å². The molecule has 1 aliphatic rings. The van der Waals surface area contributed by atoms with Crippen molar-refractivity contribution in [3.05, 3.63) is 76.7 Å². The number of rotatable bonds is 4. The van der Waals surface area contributed by atoms with Crippen LogP contribution in [-0.2, 0) is 4.79 Å². The zero-order valence-corrected chi connectivity index (χ0v) is 16.1. The molecule has 0 fully saturated rings. The van der Waals surface area contributed by atoms with Crippen LogP contribution in [0.15, 0.2) is 66.1 Å². The van der Waals surface area contributed by atoms with Gasteiger partial charge in [0.15, 0.2) is 0 Å². The highest BCUT2D eigenvalue weighted by molar-refractivity contribution is 6.30. The average molecular weight is 396 g/mol. The maximum absolute atomic E-state index is 13.2. The fourth-order valence-electron chi connectivity index (χ4n) is 3.21. The minimum Gasteiger partial charge on any atom is -0.497 e. The molecule has 2 N–H and O–H groups in total. The van der Waals surface area contributed by atoms with E-state index in [1.807, 2.05) is 19.1 Å². The van der Waals surface area contributed by atoms with Gasteiger partial charge in [-0.15, -0.1) is 0 Å². The number of hydrogen-bond acceptors (Lipinski definition) is 5. The zero-order valence-electron chi connectivity index (χ0n) is 15.3. The van der Waals surface area contributed by atoms with E-state index in [9.17, 15) is 4.79 Å². The molecule has 1 atom stereocenters. The molecule has 0 aliphatic carbocycles. The topological polar surface area (TPSA) is 81.1 Å². The minimum absolute atomic E-state index is 0.226. The maximum Gasteiger partial charge on any atom is 0.255 e. The molecule has 0 unspecified atom stereocenters. The Kier molecular flexibility index (Phi) is 4.75. The largest absolute Gasteiger partial charge is 0.497 e. The highest BCUT2D eigenvalue weighted by Gasteiger charge is 2.33. The van der Waals surface area contributed by atoms with Gasteiger partial charge in [-0.2, -0.15) is 10.1 Å². The van der Waals surface area contributed by atoms with Gasteiger partial charge in [0.25, 0.3) is 5.91 Å². The first-order valence-corrected chi connectivity index (χ1v) is 9.03. The van der Waals surface area contributed by atoms with Crippen molar-refractivity contribution >= 4 is 29.1 Å². The minimum atomic E-state index is -0.422. The van der Waals surface area contributed by atoms with E-state index in [1.54, 1.807) is 48.2 Å². The summed E-state index contributed by atoms with van der Waals surface area (Å²) in [6.45, 7) is 1.85. The summed E-state index contributed by atoms with van der Waals surface area (Å²) in [5, 5.41) is 11.0. The quantitative estimate of drug-likeness (QED) is 0.700. The number of allylic oxidation sites excluding steroid dienone is 1. The third kappa shape index (κ3) is 3.32. The van der Waals surface area contributed by atoms with Crippen LogP contribution in [0, 0.1) is 0 Å². The van der Waals surface area contributed by atoms with Crippen LogP contribution < -0.4 is 15.4 Å². The first kappa shape index (κ1) is 18.1. The number of ether oxygens (including phenoxy) is 1. The van der Waals surface area contributed by atoms with Crippen molar-refractivity contribution in [2.24, 2.45) is 0 Å². The average Bonchev–Trinajstić information content (AvgIpc) is 3.16. The van der Waals surface area contributed by atoms with Gasteiger partial charge in [0.2, 0.25) is 5.95 Å². The molecule has 28 heavy (non-hydrogen) atoms. The third-order valence-corrected chi connectivity index (χ3v) is 4.82. The number of aromatic nitrogens is 3. The van der Waals surface area contributed by atoms with E-state index in [0.29, 0.717) is 27.9 Å². The highest BCUT2D eigenvalue weighted by Crippen LogP contribution is 2.35. The molecule has 1 amide bonds. The number of nitrogens with one attached hydrogen (secondary N) is 2. The normalized spacial score (nSPS) is 15.6. The molecule has 4 rings (SSSR count). The molecule has 8 heteroatoms. The van der Waals surface area contributed by atoms with E-state index >= 15 is 0 Å². The van der Waals surface area contributed by atoms with Crippen LogP contribution in [0.2, 0.25) is 5.02 Å². The number of halogens is 1. The number of carbonyl (C=O) groups is 1. The molecule has 1 aliphatic heterocycles. The van der Waals surface area contributed by atoms with Crippen molar-refractivity contribution in [3.63, 3.8) is 0 Å². The molecule has 2 aromatic carbocycles. The Morgan fingerprint density at radius 1 is 1.18 bits per heavy atom. The molecule has 2 heterocycles. The molecular weight excluding hydrogens is 378 g/mol. The summed E-state index contributed by atoms with van der Waals surface area (Å²) in [7, 11) is 1.60. The van der Waals surface area contributed by atoms with Crippen molar-refractivity contribution < 1.29 is 9.53 Å². The van der Waals surface area contributed by atoms with Crippen molar-refractivity contribution in [1.82, 2.24) is 14.8 Å². The number of methoxy groups -OCH3 is 1. The van der Waals surface area contributed by atoms with Gasteiger partial charge < -0.3 is 15.4 Å². The lowest BCUT2D eigenvalue weighted by Crippen LogP contribution is -2.31. The van der Waals surface area contributed by atoms with E-state index in [1.165, 1.54) is 6.33 Å². The first-order valence-electron chi connectivity index (χ1n) is 8.65. The molecule has 142 valence electrons. The summed E-state index contributed by atoms with van der Waals surface area (Å²) in [4.78, 5) is 17.4. The van der Waals surface area contributed by atoms with Gasteiger partial charge in [-0.1, -0.05) is 23.7 Å². The second-order valence-electron chi connectivity index (χ2n) is 6.33. The van der Waals surface area contributed by atoms with E-state index in [-0.39, 0.29) is 5.91 Å². The van der Waals surface area contributed by atoms with Gasteiger partial charge in [-0.25, -0.2) is 4.68 Å². The predicted molar refractivity (Wildman–Crippen MR) is 108 cm³/mol. The Hall–Kier alpha value is -3.32. The Morgan fingerprint density at radius 2 is 1.89 bits per heavy atom. The highest BCUT2D eigenvalue weighted by atomic mass is 35.5. The second-order valence-corrected chi connectivity index (χ2v) is 6.77. The molecule has 0 saturated heterocycles. The van der Waals surface area contributed by atoms with Gasteiger partial charge >= 0.3 is 0 Å². The number of benzene rings is 2. The predicted octanol–water partition coefficient (Wildman–Crippen LogP) is 3.87. The number of anilines is 2. The van der Waals surface area contributed by atoms with Gasteiger partial charge in [-0.3, -0.25) is 4.79 Å². The number of carbonyl (C=O) groups excluding carboxylic acids is 1. The van der Waals surface area contributed by atoms with Gasteiger partial charge in [-0.05, 0) is 48.9 Å². The second kappa shape index (κ2) is 7.36. The molecule has 1 aromatic heterocycles. The van der Waals surface area contributed by atoms with Crippen molar-refractivity contribution in [2.45, 2.75) is 13.0 Å². The number of fused-ring (bicyclic) bond motifs is 1. The number of hydrogen-bond donors (Lipinski definition) is 2. The fraction of sp³-hybridized carbons (Fsp3) is 0.150. The van der Waals surface area contributed by atoms with E-state index < -0.39 is 6.04 Å². The van der Waals surface area contributed by atoms with Crippen LogP contribution in [0.1, 0.15) is 18.5 Å². The molecule has 0 radical (unpaired) electrons. The van der Waals surface area contributed by atoms with Crippen molar-refractivity contribution in [2.75, 3.05) is 17.7 Å². The summed E-state index contributed by atoms with van der Waals surface area (Å²) < 4.78 is 6.85. The standard InChI is InChI=1S/C20H18ClN5O2/c1-12-17(19(27)25-15-7-9-16(28-2)10-8-15)18(13-3-5-14(21)6-4-13)26-20(24-12)22-11-23-26/h3-11,18H,1-2H3,(H,25,27)(H,22,23,24)/t18-/m1/s1. The zero-order chi connectivity index (χ0) is 19.7. The van der Waals surface area contributed by atoms with Crippen LogP contribution >= 0.6 is 11.6 Å². The van der Waals surface area contributed by atoms with Gasteiger partial charge in [0.05, 0.1) is 12.7 Å². The molecular formula is C20H18ClN5O2. The summed E-state index contributed by atoms with van der Waals surface area (Å²) in [5.74, 6) is 1.08. The SMILES string of the molecule is COc1ccc(NC(=O)C2=C(C)Nc3ncnn3[C@@H]2c2ccc(Cl)cc2)cc1. The lowest BCUT2D eigenvalue weighted by molar-refractivity contribution is -0.113. The van der Waals surface area contributed by atoms with Crippen LogP contribution in [0.25, 0.3) is 0 Å². The summed E-state index contributed by atoms with van der Waals surface area (Å²) in [6, 6.07) is 14.1. The molecule has 0 bridgehead atoms. The van der Waals surface area contributed by atoms with E-state index in [0.717, 1.165) is 11.3 Å².